The van der Waals surface area contributed by atoms with Crippen LogP contribution in [0.15, 0.2) is 53.3 Å². The average Bonchev–Trinajstić information content (AvgIpc) is 3.33. The molecule has 0 amide bonds. The fourth-order valence-electron chi connectivity index (χ4n) is 3.79. The van der Waals surface area contributed by atoms with Gasteiger partial charge in [0, 0.05) is 30.0 Å². The number of benzene rings is 2. The zero-order valence-corrected chi connectivity index (χ0v) is 18.3. The molecule has 0 atom stereocenters. The number of halogens is 3. The van der Waals surface area contributed by atoms with E-state index in [2.05, 4.69) is 35.9 Å². The highest BCUT2D eigenvalue weighted by molar-refractivity contribution is 5.93. The summed E-state index contributed by atoms with van der Waals surface area (Å²) in [6, 6.07) is 10.2. The molecule has 5 rings (SSSR count). The van der Waals surface area contributed by atoms with E-state index >= 15 is 0 Å². The van der Waals surface area contributed by atoms with Crippen molar-refractivity contribution >= 4 is 17.0 Å². The SMILES string of the molecule is Cc1cc(F)ccc1-c1nc(NCCc2nn[nH]n2)nc2c1ccc(=O)n2-c1c(F)cccc1F. The van der Waals surface area contributed by atoms with E-state index in [0.717, 1.165) is 16.7 Å². The fraction of sp³-hybridized carbons (Fsp3) is 0.130. The molecule has 0 aliphatic carbocycles. The molecule has 176 valence electrons. The maximum atomic E-state index is 14.7. The van der Waals surface area contributed by atoms with Gasteiger partial charge in [-0.3, -0.25) is 9.36 Å². The molecule has 0 aliphatic rings. The van der Waals surface area contributed by atoms with Gasteiger partial charge in [0.15, 0.2) is 11.5 Å². The number of rotatable bonds is 6. The van der Waals surface area contributed by atoms with E-state index in [0.29, 0.717) is 41.0 Å². The van der Waals surface area contributed by atoms with Gasteiger partial charge in [0.2, 0.25) is 5.95 Å². The van der Waals surface area contributed by atoms with Crippen molar-refractivity contribution in [3.63, 3.8) is 0 Å². The molecule has 0 radical (unpaired) electrons. The highest BCUT2D eigenvalue weighted by atomic mass is 19.1. The van der Waals surface area contributed by atoms with Gasteiger partial charge in [-0.2, -0.15) is 10.2 Å². The highest BCUT2D eigenvalue weighted by Crippen LogP contribution is 2.31. The van der Waals surface area contributed by atoms with Crippen LogP contribution in [0.1, 0.15) is 11.4 Å². The zero-order chi connectivity index (χ0) is 24.5. The van der Waals surface area contributed by atoms with Crippen LogP contribution in [0.5, 0.6) is 0 Å². The Balaban J connectivity index is 1.74. The maximum absolute atomic E-state index is 14.7. The summed E-state index contributed by atoms with van der Waals surface area (Å²) in [5, 5.41) is 17.0. The third-order valence-electron chi connectivity index (χ3n) is 5.38. The number of H-pyrrole nitrogens is 1. The Kier molecular flexibility index (Phi) is 5.69. The zero-order valence-electron chi connectivity index (χ0n) is 18.3. The topological polar surface area (TPSA) is 114 Å². The summed E-state index contributed by atoms with van der Waals surface area (Å²) in [7, 11) is 0. The second kappa shape index (κ2) is 8.97. The van der Waals surface area contributed by atoms with E-state index in [-0.39, 0.29) is 11.6 Å². The Morgan fingerprint density at radius 1 is 1.03 bits per heavy atom. The summed E-state index contributed by atoms with van der Waals surface area (Å²) in [6.45, 7) is 2.01. The summed E-state index contributed by atoms with van der Waals surface area (Å²) >= 11 is 0. The van der Waals surface area contributed by atoms with E-state index in [1.54, 1.807) is 13.0 Å². The summed E-state index contributed by atoms with van der Waals surface area (Å²) in [5.41, 5.74) is 0.259. The molecule has 0 aliphatic heterocycles. The summed E-state index contributed by atoms with van der Waals surface area (Å²) in [6.07, 6.45) is 0.381. The lowest BCUT2D eigenvalue weighted by Gasteiger charge is -2.16. The quantitative estimate of drug-likeness (QED) is 0.385. The normalized spacial score (nSPS) is 11.2. The first kappa shape index (κ1) is 22.2. The number of tetrazole rings is 1. The van der Waals surface area contributed by atoms with Gasteiger partial charge < -0.3 is 5.32 Å². The molecule has 35 heavy (non-hydrogen) atoms. The van der Waals surface area contributed by atoms with Crippen molar-refractivity contribution in [2.24, 2.45) is 0 Å². The van der Waals surface area contributed by atoms with Crippen LogP contribution in [0.2, 0.25) is 0 Å². The molecule has 0 saturated carbocycles. The van der Waals surface area contributed by atoms with Crippen molar-refractivity contribution in [3.05, 3.63) is 87.7 Å². The van der Waals surface area contributed by atoms with Gasteiger partial charge in [0.25, 0.3) is 5.56 Å². The highest BCUT2D eigenvalue weighted by Gasteiger charge is 2.20. The predicted octanol–water partition coefficient (Wildman–Crippen LogP) is 3.34. The van der Waals surface area contributed by atoms with Gasteiger partial charge >= 0.3 is 0 Å². The third kappa shape index (κ3) is 4.21. The molecule has 12 heteroatoms. The van der Waals surface area contributed by atoms with Crippen molar-refractivity contribution in [3.8, 4) is 16.9 Å². The van der Waals surface area contributed by atoms with Crippen LogP contribution in [0.4, 0.5) is 19.1 Å². The minimum atomic E-state index is -0.927. The smallest absolute Gasteiger partial charge is 0.256 e. The second-order valence-corrected chi connectivity index (χ2v) is 7.67. The molecule has 3 heterocycles. The first-order valence-corrected chi connectivity index (χ1v) is 10.5. The van der Waals surface area contributed by atoms with Crippen molar-refractivity contribution in [1.29, 1.82) is 0 Å². The van der Waals surface area contributed by atoms with Crippen LogP contribution in [0.25, 0.3) is 28.0 Å². The van der Waals surface area contributed by atoms with Gasteiger partial charge in [-0.05, 0) is 48.9 Å². The molecule has 0 bridgehead atoms. The number of fused-ring (bicyclic) bond motifs is 1. The minimum absolute atomic E-state index is 0.0164. The Labute approximate surface area is 195 Å². The largest absolute Gasteiger partial charge is 0.354 e. The molecule has 0 unspecified atom stereocenters. The van der Waals surface area contributed by atoms with Crippen LogP contribution in [-0.4, -0.2) is 41.7 Å². The fourth-order valence-corrected chi connectivity index (χ4v) is 3.79. The van der Waals surface area contributed by atoms with Crippen molar-refractivity contribution < 1.29 is 13.2 Å². The molecule has 2 N–H and O–H groups in total. The van der Waals surface area contributed by atoms with E-state index in [9.17, 15) is 18.0 Å². The minimum Gasteiger partial charge on any atom is -0.354 e. The van der Waals surface area contributed by atoms with Crippen LogP contribution in [-0.2, 0) is 6.42 Å². The average molecular weight is 478 g/mol. The number of nitrogens with zero attached hydrogens (tertiary/aromatic N) is 6. The standard InChI is InChI=1S/C23H17F3N8O/c1-12-11-13(24)5-6-14(12)20-15-7-8-19(35)34(21-16(25)3-2-4-17(21)26)22(15)29-23(28-20)27-10-9-18-30-32-33-31-18/h2-8,11H,9-10H2,1H3,(H,27,28,29)(H,30,31,32,33). The van der Waals surface area contributed by atoms with Crippen LogP contribution < -0.4 is 10.9 Å². The lowest BCUT2D eigenvalue weighted by atomic mass is 10.0. The molecule has 0 saturated heterocycles. The summed E-state index contributed by atoms with van der Waals surface area (Å²) in [5.74, 6) is -1.73. The number of pyridine rings is 1. The number of hydrogen-bond donors (Lipinski definition) is 2. The van der Waals surface area contributed by atoms with E-state index in [1.165, 1.54) is 30.3 Å². The van der Waals surface area contributed by atoms with Crippen LogP contribution >= 0.6 is 0 Å². The number of para-hydroxylation sites is 1. The van der Waals surface area contributed by atoms with E-state index in [4.69, 9.17) is 0 Å². The number of anilines is 1. The number of aryl methyl sites for hydroxylation is 1. The van der Waals surface area contributed by atoms with Crippen molar-refractivity contribution in [2.45, 2.75) is 13.3 Å². The van der Waals surface area contributed by atoms with Gasteiger partial charge in [-0.15, -0.1) is 10.2 Å². The number of aromatic nitrogens is 7. The second-order valence-electron chi connectivity index (χ2n) is 7.67. The van der Waals surface area contributed by atoms with E-state index < -0.39 is 28.7 Å². The Bertz CT molecular complexity index is 1580. The van der Waals surface area contributed by atoms with Crippen molar-refractivity contribution in [1.82, 2.24) is 35.2 Å². The molecule has 2 aromatic carbocycles. The van der Waals surface area contributed by atoms with Gasteiger partial charge in [-0.25, -0.2) is 18.2 Å². The molecular weight excluding hydrogens is 461 g/mol. The summed E-state index contributed by atoms with van der Waals surface area (Å²) in [4.78, 5) is 21.8. The van der Waals surface area contributed by atoms with Crippen molar-refractivity contribution in [2.75, 3.05) is 11.9 Å². The maximum Gasteiger partial charge on any atom is 0.256 e. The molecule has 3 aromatic heterocycles. The third-order valence-corrected chi connectivity index (χ3v) is 5.38. The first-order chi connectivity index (χ1) is 16.9. The molecule has 0 spiro atoms. The Morgan fingerprint density at radius 2 is 1.83 bits per heavy atom. The lowest BCUT2D eigenvalue weighted by molar-refractivity contribution is 0.568. The van der Waals surface area contributed by atoms with Crippen LogP contribution in [0, 0.1) is 24.4 Å². The molecule has 0 fully saturated rings. The van der Waals surface area contributed by atoms with Gasteiger partial charge in [0.05, 0.1) is 5.69 Å². The van der Waals surface area contributed by atoms with E-state index in [1.807, 2.05) is 0 Å². The monoisotopic (exact) mass is 478 g/mol. The van der Waals surface area contributed by atoms with Gasteiger partial charge in [-0.1, -0.05) is 11.3 Å². The van der Waals surface area contributed by atoms with Crippen LogP contribution in [0.3, 0.4) is 0 Å². The predicted molar refractivity (Wildman–Crippen MR) is 122 cm³/mol. The Morgan fingerprint density at radius 3 is 2.54 bits per heavy atom. The number of nitrogens with one attached hydrogen (secondary N) is 2. The molecule has 5 aromatic rings. The Hall–Kier alpha value is -4.61. The number of hydrogen-bond acceptors (Lipinski definition) is 7. The summed E-state index contributed by atoms with van der Waals surface area (Å²) < 4.78 is 44.1. The van der Waals surface area contributed by atoms with Gasteiger partial charge in [0.1, 0.15) is 23.1 Å². The first-order valence-electron chi connectivity index (χ1n) is 10.5. The molecular formula is C23H17F3N8O. The lowest BCUT2D eigenvalue weighted by Crippen LogP contribution is -2.22. The number of aromatic amines is 1. The molecule has 9 nitrogen and oxygen atoms in total.